The van der Waals surface area contributed by atoms with Crippen LogP contribution in [0.25, 0.3) is 0 Å². The zero-order valence-corrected chi connectivity index (χ0v) is 10.9. The molecular formula is C13H11ClN2O3. The number of nitro groups is 1. The molecule has 5 nitrogen and oxygen atoms in total. The van der Waals surface area contributed by atoms with Gasteiger partial charge < -0.3 is 4.74 Å². The lowest BCUT2D eigenvalue weighted by molar-refractivity contribution is -0.386. The molecule has 0 aliphatic rings. The highest BCUT2D eigenvalue weighted by atomic mass is 35.5. The molecule has 0 radical (unpaired) electrons. The smallest absolute Gasteiger partial charge is 0.310 e. The van der Waals surface area contributed by atoms with Crippen molar-refractivity contribution in [2.45, 2.75) is 13.5 Å². The van der Waals surface area contributed by atoms with Crippen molar-refractivity contribution in [2.24, 2.45) is 0 Å². The number of rotatable bonds is 4. The Morgan fingerprint density at radius 1 is 1.37 bits per heavy atom. The molecule has 0 unspecified atom stereocenters. The number of nitrogens with zero attached hydrogens (tertiary/aromatic N) is 2. The second-order valence-electron chi connectivity index (χ2n) is 3.98. The van der Waals surface area contributed by atoms with Gasteiger partial charge in [0, 0.05) is 17.3 Å². The van der Waals surface area contributed by atoms with E-state index in [1.54, 1.807) is 30.5 Å². The Balaban J connectivity index is 2.19. The van der Waals surface area contributed by atoms with Gasteiger partial charge in [0.2, 0.25) is 0 Å². The Hall–Kier alpha value is -2.14. The predicted molar refractivity (Wildman–Crippen MR) is 71.4 cm³/mol. The summed E-state index contributed by atoms with van der Waals surface area (Å²) in [7, 11) is 0. The standard InChI is InChI=1S/C13H11ClN2O3/c1-9-2-3-12(16(17)18)13(6-9)19-8-11-7-10(14)4-5-15-11/h2-7H,8H2,1H3. The zero-order chi connectivity index (χ0) is 13.8. The van der Waals surface area contributed by atoms with Gasteiger partial charge in [0.1, 0.15) is 6.61 Å². The Kier molecular flexibility index (Phi) is 3.97. The van der Waals surface area contributed by atoms with E-state index in [2.05, 4.69) is 4.98 Å². The summed E-state index contributed by atoms with van der Waals surface area (Å²) in [5.74, 6) is 0.228. The van der Waals surface area contributed by atoms with Crippen LogP contribution in [0.15, 0.2) is 36.5 Å². The van der Waals surface area contributed by atoms with Gasteiger partial charge in [-0.15, -0.1) is 0 Å². The third-order valence-electron chi connectivity index (χ3n) is 2.47. The predicted octanol–water partition coefficient (Wildman–Crippen LogP) is 3.53. The van der Waals surface area contributed by atoms with Gasteiger partial charge in [0.15, 0.2) is 5.75 Å². The lowest BCUT2D eigenvalue weighted by Gasteiger charge is -2.07. The Bertz CT molecular complexity index is 617. The summed E-state index contributed by atoms with van der Waals surface area (Å²) in [6.07, 6.45) is 1.56. The van der Waals surface area contributed by atoms with Crippen LogP contribution in [0, 0.1) is 17.0 Å². The van der Waals surface area contributed by atoms with E-state index in [1.807, 2.05) is 6.92 Å². The monoisotopic (exact) mass is 278 g/mol. The third kappa shape index (κ3) is 3.42. The quantitative estimate of drug-likeness (QED) is 0.634. The average molecular weight is 279 g/mol. The van der Waals surface area contributed by atoms with E-state index in [0.717, 1.165) is 5.56 Å². The molecule has 98 valence electrons. The van der Waals surface area contributed by atoms with Gasteiger partial charge in [-0.05, 0) is 30.7 Å². The fourth-order valence-corrected chi connectivity index (χ4v) is 1.75. The minimum Gasteiger partial charge on any atom is -0.480 e. The molecule has 0 N–H and O–H groups in total. The van der Waals surface area contributed by atoms with Gasteiger partial charge in [0.05, 0.1) is 10.6 Å². The van der Waals surface area contributed by atoms with Crippen molar-refractivity contribution in [3.63, 3.8) is 0 Å². The van der Waals surface area contributed by atoms with Gasteiger partial charge in [-0.25, -0.2) is 0 Å². The molecule has 19 heavy (non-hydrogen) atoms. The second-order valence-corrected chi connectivity index (χ2v) is 4.42. The van der Waals surface area contributed by atoms with Gasteiger partial charge >= 0.3 is 5.69 Å². The van der Waals surface area contributed by atoms with Crippen LogP contribution in [-0.2, 0) is 6.61 Å². The summed E-state index contributed by atoms with van der Waals surface area (Å²) in [6, 6.07) is 8.03. The Labute approximate surface area is 115 Å². The van der Waals surface area contributed by atoms with Crippen LogP contribution in [0.1, 0.15) is 11.3 Å². The van der Waals surface area contributed by atoms with E-state index < -0.39 is 4.92 Å². The van der Waals surface area contributed by atoms with Crippen molar-refractivity contribution in [3.05, 3.63) is 62.9 Å². The van der Waals surface area contributed by atoms with E-state index in [4.69, 9.17) is 16.3 Å². The summed E-state index contributed by atoms with van der Waals surface area (Å²) in [6.45, 7) is 1.97. The molecule has 1 aromatic carbocycles. The van der Waals surface area contributed by atoms with Crippen LogP contribution in [0.3, 0.4) is 0 Å². The van der Waals surface area contributed by atoms with Crippen molar-refractivity contribution in [1.82, 2.24) is 4.98 Å². The van der Waals surface area contributed by atoms with E-state index in [0.29, 0.717) is 10.7 Å². The molecule has 0 bridgehead atoms. The van der Waals surface area contributed by atoms with Crippen LogP contribution < -0.4 is 4.74 Å². The first-order valence-electron chi connectivity index (χ1n) is 5.54. The average Bonchev–Trinajstić information content (AvgIpc) is 2.36. The van der Waals surface area contributed by atoms with E-state index >= 15 is 0 Å². The number of hydrogen-bond donors (Lipinski definition) is 0. The summed E-state index contributed by atoms with van der Waals surface area (Å²) in [5.41, 5.74) is 1.44. The van der Waals surface area contributed by atoms with Gasteiger partial charge in [-0.2, -0.15) is 0 Å². The summed E-state index contributed by atoms with van der Waals surface area (Å²) < 4.78 is 5.46. The first-order valence-corrected chi connectivity index (χ1v) is 5.92. The molecule has 0 aliphatic carbocycles. The molecule has 0 atom stereocenters. The minimum absolute atomic E-state index is 0.0624. The lowest BCUT2D eigenvalue weighted by Crippen LogP contribution is -2.01. The molecular weight excluding hydrogens is 268 g/mol. The molecule has 0 saturated carbocycles. The number of nitro benzene ring substituents is 1. The van der Waals surface area contributed by atoms with Crippen LogP contribution in [0.5, 0.6) is 5.75 Å². The maximum absolute atomic E-state index is 10.9. The molecule has 0 saturated heterocycles. The van der Waals surface area contributed by atoms with Crippen molar-refractivity contribution >= 4 is 17.3 Å². The highest BCUT2D eigenvalue weighted by molar-refractivity contribution is 6.30. The van der Waals surface area contributed by atoms with Crippen molar-refractivity contribution in [1.29, 1.82) is 0 Å². The summed E-state index contributed by atoms with van der Waals surface area (Å²) in [4.78, 5) is 14.5. The molecule has 1 aromatic heterocycles. The Morgan fingerprint density at radius 2 is 2.16 bits per heavy atom. The number of pyridine rings is 1. The van der Waals surface area contributed by atoms with Gasteiger partial charge in [-0.1, -0.05) is 17.7 Å². The van der Waals surface area contributed by atoms with Crippen LogP contribution in [-0.4, -0.2) is 9.91 Å². The highest BCUT2D eigenvalue weighted by Crippen LogP contribution is 2.28. The molecule has 1 heterocycles. The second kappa shape index (κ2) is 5.67. The van der Waals surface area contributed by atoms with E-state index in [1.165, 1.54) is 6.07 Å². The van der Waals surface area contributed by atoms with Crippen LogP contribution in [0.4, 0.5) is 5.69 Å². The summed E-state index contributed by atoms with van der Waals surface area (Å²) >= 11 is 5.83. The van der Waals surface area contributed by atoms with Gasteiger partial charge in [0.25, 0.3) is 0 Å². The third-order valence-corrected chi connectivity index (χ3v) is 2.70. The number of benzene rings is 1. The number of halogens is 1. The normalized spacial score (nSPS) is 10.2. The molecule has 0 amide bonds. The first kappa shape index (κ1) is 13.3. The van der Waals surface area contributed by atoms with Crippen molar-refractivity contribution < 1.29 is 9.66 Å². The lowest BCUT2D eigenvalue weighted by atomic mass is 10.2. The highest BCUT2D eigenvalue weighted by Gasteiger charge is 2.15. The maximum Gasteiger partial charge on any atom is 0.310 e. The topological polar surface area (TPSA) is 65.3 Å². The fraction of sp³-hybridized carbons (Fsp3) is 0.154. The zero-order valence-electron chi connectivity index (χ0n) is 10.2. The number of hydrogen-bond acceptors (Lipinski definition) is 4. The van der Waals surface area contributed by atoms with Crippen molar-refractivity contribution in [3.8, 4) is 5.75 Å². The van der Waals surface area contributed by atoms with E-state index in [9.17, 15) is 10.1 Å². The van der Waals surface area contributed by atoms with Gasteiger partial charge in [-0.3, -0.25) is 15.1 Å². The fourth-order valence-electron chi connectivity index (χ4n) is 1.57. The molecule has 2 rings (SSSR count). The Morgan fingerprint density at radius 3 is 2.84 bits per heavy atom. The van der Waals surface area contributed by atoms with Crippen molar-refractivity contribution in [2.75, 3.05) is 0 Å². The van der Waals surface area contributed by atoms with Crippen LogP contribution >= 0.6 is 11.6 Å². The molecule has 6 heteroatoms. The molecule has 0 aliphatic heterocycles. The van der Waals surface area contributed by atoms with E-state index in [-0.39, 0.29) is 18.0 Å². The largest absolute Gasteiger partial charge is 0.480 e. The number of ether oxygens (including phenoxy) is 1. The minimum atomic E-state index is -0.472. The number of aryl methyl sites for hydroxylation is 1. The first-order chi connectivity index (χ1) is 9.06. The molecule has 0 fully saturated rings. The SMILES string of the molecule is Cc1ccc([N+](=O)[O-])c(OCc2cc(Cl)ccn2)c1. The summed E-state index contributed by atoms with van der Waals surface area (Å²) in [5, 5.41) is 11.4. The maximum atomic E-state index is 10.9. The molecule has 2 aromatic rings. The number of aromatic nitrogens is 1. The molecule has 0 spiro atoms. The van der Waals surface area contributed by atoms with Crippen LogP contribution in [0.2, 0.25) is 5.02 Å².